The van der Waals surface area contributed by atoms with Crippen LogP contribution in [0.4, 0.5) is 0 Å². The van der Waals surface area contributed by atoms with E-state index in [0.717, 1.165) is 17.5 Å². The molecule has 2 aromatic heterocycles. The van der Waals surface area contributed by atoms with Gasteiger partial charge in [-0.15, -0.1) is 0 Å². The van der Waals surface area contributed by atoms with Gasteiger partial charge in [-0.3, -0.25) is 24.4 Å². The van der Waals surface area contributed by atoms with Gasteiger partial charge >= 0.3 is 5.91 Å². The first kappa shape index (κ1) is 24.2. The number of imide groups is 1. The topological polar surface area (TPSA) is 79.1 Å². The molecule has 1 aliphatic heterocycles. The van der Waals surface area contributed by atoms with Crippen molar-refractivity contribution in [2.75, 3.05) is 0 Å². The fraction of sp³-hybridized carbons (Fsp3) is 0.200. The molecule has 0 bridgehead atoms. The Kier molecular flexibility index (Phi) is 6.44. The van der Waals surface area contributed by atoms with Gasteiger partial charge in [0.15, 0.2) is 12.4 Å². The number of aromatic amines is 1. The minimum atomic E-state index is -0.475. The highest BCUT2D eigenvalue weighted by Crippen LogP contribution is 2.33. The maximum Gasteiger partial charge on any atom is 0.327 e. The molecule has 0 radical (unpaired) electrons. The molecule has 4 aromatic rings. The maximum atomic E-state index is 14.0. The number of amides is 2. The SMILES string of the molecule is CCc1ccc[n+](C2=C(c3c(C(C)C)[nH]n(-c4ccccc4)c3=O)C(=O)N(Cc3ccccc3)C2=O)c1. The van der Waals surface area contributed by atoms with Gasteiger partial charge in [-0.1, -0.05) is 69.3 Å². The third-order valence-electron chi connectivity index (χ3n) is 6.62. The fourth-order valence-electron chi connectivity index (χ4n) is 4.68. The number of carbonyl (C=O) groups is 2. The number of nitrogens with zero attached hydrogens (tertiary/aromatic N) is 3. The molecule has 1 aliphatic rings. The van der Waals surface area contributed by atoms with E-state index < -0.39 is 11.8 Å². The highest BCUT2D eigenvalue weighted by molar-refractivity contribution is 6.44. The molecule has 5 rings (SSSR count). The molecule has 186 valence electrons. The van der Waals surface area contributed by atoms with Gasteiger partial charge in [0.25, 0.3) is 17.2 Å². The molecule has 0 aliphatic carbocycles. The first-order valence-corrected chi connectivity index (χ1v) is 12.5. The minimum Gasteiger partial charge on any atom is -0.294 e. The van der Waals surface area contributed by atoms with Crippen molar-refractivity contribution in [3.8, 4) is 5.69 Å². The van der Waals surface area contributed by atoms with Gasteiger partial charge in [-0.05, 0) is 36.1 Å². The zero-order valence-electron chi connectivity index (χ0n) is 21.1. The summed E-state index contributed by atoms with van der Waals surface area (Å²) in [6, 6.07) is 22.4. The lowest BCUT2D eigenvalue weighted by Crippen LogP contribution is -2.39. The Hall–Kier alpha value is -4.52. The minimum absolute atomic E-state index is 0.0977. The summed E-state index contributed by atoms with van der Waals surface area (Å²) in [7, 11) is 0. The lowest BCUT2D eigenvalue weighted by atomic mass is 9.98. The van der Waals surface area contributed by atoms with Gasteiger partial charge in [0, 0.05) is 17.3 Å². The summed E-state index contributed by atoms with van der Waals surface area (Å²) >= 11 is 0. The number of nitrogens with one attached hydrogen (secondary N) is 1. The zero-order chi connectivity index (χ0) is 26.1. The molecule has 0 unspecified atom stereocenters. The van der Waals surface area contributed by atoms with E-state index in [2.05, 4.69) is 5.10 Å². The van der Waals surface area contributed by atoms with Crippen molar-refractivity contribution in [3.63, 3.8) is 0 Å². The van der Waals surface area contributed by atoms with Crippen LogP contribution in [0.2, 0.25) is 0 Å². The highest BCUT2D eigenvalue weighted by Gasteiger charge is 2.47. The molecule has 37 heavy (non-hydrogen) atoms. The molecule has 3 heterocycles. The van der Waals surface area contributed by atoms with Gasteiger partial charge in [0.1, 0.15) is 5.57 Å². The first-order chi connectivity index (χ1) is 17.9. The van der Waals surface area contributed by atoms with Crippen LogP contribution in [0.5, 0.6) is 0 Å². The van der Waals surface area contributed by atoms with Gasteiger partial charge in [0.2, 0.25) is 0 Å². The van der Waals surface area contributed by atoms with Gasteiger partial charge in [-0.25, -0.2) is 4.68 Å². The summed E-state index contributed by atoms with van der Waals surface area (Å²) in [5, 5.41) is 3.22. The second-order valence-corrected chi connectivity index (χ2v) is 9.41. The van der Waals surface area contributed by atoms with E-state index >= 15 is 0 Å². The lowest BCUT2D eigenvalue weighted by Gasteiger charge is -2.14. The Balaban J connectivity index is 1.75. The number of hydrogen-bond acceptors (Lipinski definition) is 3. The van der Waals surface area contributed by atoms with Crippen molar-refractivity contribution in [2.24, 2.45) is 0 Å². The largest absolute Gasteiger partial charge is 0.327 e. The number of aryl methyl sites for hydroxylation is 1. The zero-order valence-corrected chi connectivity index (χ0v) is 21.1. The van der Waals surface area contributed by atoms with Crippen molar-refractivity contribution >= 4 is 23.1 Å². The summed E-state index contributed by atoms with van der Waals surface area (Å²) in [6.45, 7) is 6.06. The second-order valence-electron chi connectivity index (χ2n) is 9.41. The third-order valence-corrected chi connectivity index (χ3v) is 6.62. The summed E-state index contributed by atoms with van der Waals surface area (Å²) in [5.41, 5.74) is 3.29. The molecule has 2 amide bonds. The van der Waals surface area contributed by atoms with Crippen molar-refractivity contribution in [2.45, 2.75) is 39.7 Å². The molecule has 7 heteroatoms. The third kappa shape index (κ3) is 4.33. The molecular weight excluding hydrogens is 464 g/mol. The molecule has 0 atom stereocenters. The Morgan fingerprint density at radius 3 is 2.14 bits per heavy atom. The van der Waals surface area contributed by atoms with Gasteiger partial charge in [0.05, 0.1) is 17.8 Å². The maximum absolute atomic E-state index is 14.0. The Morgan fingerprint density at radius 1 is 0.838 bits per heavy atom. The molecule has 7 nitrogen and oxygen atoms in total. The Labute approximate surface area is 215 Å². The number of para-hydroxylation sites is 1. The van der Waals surface area contributed by atoms with E-state index in [-0.39, 0.29) is 34.9 Å². The molecule has 0 fully saturated rings. The van der Waals surface area contributed by atoms with Crippen molar-refractivity contribution in [1.82, 2.24) is 14.7 Å². The van der Waals surface area contributed by atoms with Gasteiger partial charge < -0.3 is 0 Å². The number of H-pyrrole nitrogens is 1. The van der Waals surface area contributed by atoms with Crippen LogP contribution in [-0.2, 0) is 22.6 Å². The number of hydrogen-bond donors (Lipinski definition) is 1. The number of pyridine rings is 1. The predicted octanol–water partition coefficient (Wildman–Crippen LogP) is 4.08. The van der Waals surface area contributed by atoms with E-state index in [1.165, 1.54) is 9.58 Å². The van der Waals surface area contributed by atoms with E-state index in [0.29, 0.717) is 11.4 Å². The van der Waals surface area contributed by atoms with Crippen LogP contribution in [0.1, 0.15) is 49.1 Å². The monoisotopic (exact) mass is 493 g/mol. The van der Waals surface area contributed by atoms with Crippen LogP contribution in [-0.4, -0.2) is 26.5 Å². The van der Waals surface area contributed by atoms with Crippen LogP contribution < -0.4 is 10.1 Å². The summed E-state index contributed by atoms with van der Waals surface area (Å²) in [4.78, 5) is 43.0. The second kappa shape index (κ2) is 9.85. The average molecular weight is 494 g/mol. The highest BCUT2D eigenvalue weighted by atomic mass is 16.2. The van der Waals surface area contributed by atoms with Crippen LogP contribution in [0.15, 0.2) is 90.0 Å². The Morgan fingerprint density at radius 2 is 1.49 bits per heavy atom. The summed E-state index contributed by atoms with van der Waals surface area (Å²) in [5.74, 6) is -1.00. The summed E-state index contributed by atoms with van der Waals surface area (Å²) in [6.07, 6.45) is 4.37. The van der Waals surface area contributed by atoms with E-state index in [9.17, 15) is 14.4 Å². The molecule has 0 saturated carbocycles. The smallest absolute Gasteiger partial charge is 0.294 e. The predicted molar refractivity (Wildman–Crippen MR) is 142 cm³/mol. The van der Waals surface area contributed by atoms with Crippen molar-refractivity contribution in [3.05, 3.63) is 118 Å². The number of aromatic nitrogens is 3. The molecule has 0 saturated heterocycles. The van der Waals surface area contributed by atoms with Crippen LogP contribution in [0, 0.1) is 0 Å². The normalized spacial score (nSPS) is 13.8. The standard InChI is InChI=1S/C30H28N4O3/c1-4-21-14-11-17-32(18-21)27-25(28(35)33(30(27)37)19-22-12-7-5-8-13-22)24-26(20(2)3)31-34(29(24)36)23-15-9-6-10-16-23/h5-18,20H,4,19H2,1-3H3/p+1. The molecule has 1 N–H and O–H groups in total. The molecular formula is C30H29N4O3+. The van der Waals surface area contributed by atoms with Crippen molar-refractivity contribution in [1.29, 1.82) is 0 Å². The van der Waals surface area contributed by atoms with E-state index in [1.54, 1.807) is 10.8 Å². The summed E-state index contributed by atoms with van der Waals surface area (Å²) < 4.78 is 3.13. The van der Waals surface area contributed by atoms with Crippen LogP contribution in [0.25, 0.3) is 17.0 Å². The Bertz CT molecular complexity index is 1560. The van der Waals surface area contributed by atoms with E-state index in [4.69, 9.17) is 0 Å². The van der Waals surface area contributed by atoms with Gasteiger partial charge in [-0.2, -0.15) is 4.57 Å². The molecule has 2 aromatic carbocycles. The molecule has 0 spiro atoms. The lowest BCUT2D eigenvalue weighted by molar-refractivity contribution is -0.577. The fourth-order valence-corrected chi connectivity index (χ4v) is 4.68. The van der Waals surface area contributed by atoms with Crippen LogP contribution >= 0.6 is 0 Å². The van der Waals surface area contributed by atoms with Crippen molar-refractivity contribution < 1.29 is 14.2 Å². The number of benzene rings is 2. The first-order valence-electron chi connectivity index (χ1n) is 12.5. The number of rotatable bonds is 7. The average Bonchev–Trinajstić information content (AvgIpc) is 3.38. The number of carbonyl (C=O) groups excluding carboxylic acids is 2. The van der Waals surface area contributed by atoms with Crippen LogP contribution in [0.3, 0.4) is 0 Å². The van der Waals surface area contributed by atoms with E-state index in [1.807, 2.05) is 99.8 Å². The quantitative estimate of drug-likeness (QED) is 0.311.